The molecule has 1 aromatic carbocycles. The summed E-state index contributed by atoms with van der Waals surface area (Å²) in [4.78, 5) is 11.7. The largest absolute Gasteiger partial charge is 0.493 e. The first-order valence-corrected chi connectivity index (χ1v) is 5.83. The summed E-state index contributed by atoms with van der Waals surface area (Å²) in [6.07, 6.45) is 1.53. The van der Waals surface area contributed by atoms with Gasteiger partial charge in [0.1, 0.15) is 5.78 Å². The number of Topliss-reactive ketones (excluding diaryl/α,β-unsaturated/α-hetero) is 1. The molecular weight excluding hydrogens is 228 g/mol. The fourth-order valence-electron chi connectivity index (χ4n) is 1.63. The monoisotopic (exact) mass is 246 g/mol. The van der Waals surface area contributed by atoms with Crippen molar-refractivity contribution in [1.29, 1.82) is 0 Å². The highest BCUT2D eigenvalue weighted by atomic mass is 16.5. The maximum Gasteiger partial charge on any atom is 0.161 e. The summed E-state index contributed by atoms with van der Waals surface area (Å²) in [6, 6.07) is 5.53. The van der Waals surface area contributed by atoms with Crippen LogP contribution < -0.4 is 9.47 Å². The van der Waals surface area contributed by atoms with Gasteiger partial charge in [0.05, 0.1) is 14.2 Å². The van der Waals surface area contributed by atoms with Crippen molar-refractivity contribution in [1.82, 2.24) is 0 Å². The SMILES string of the molecule is CC#CCCC(=O)Cc1ccc(OC)c(OC)c1. The van der Waals surface area contributed by atoms with Crippen molar-refractivity contribution < 1.29 is 14.3 Å². The normalized spacial score (nSPS) is 9.28. The number of rotatable bonds is 6. The topological polar surface area (TPSA) is 35.5 Å². The molecule has 0 saturated heterocycles. The molecule has 0 aromatic heterocycles. The Morgan fingerprint density at radius 1 is 1.22 bits per heavy atom. The molecule has 0 N–H and O–H groups in total. The van der Waals surface area contributed by atoms with Crippen molar-refractivity contribution in [3.05, 3.63) is 23.8 Å². The molecule has 0 aliphatic rings. The van der Waals surface area contributed by atoms with Crippen LogP contribution in [0.1, 0.15) is 25.3 Å². The number of hydrogen-bond donors (Lipinski definition) is 0. The number of benzene rings is 1. The van der Waals surface area contributed by atoms with Gasteiger partial charge in [-0.15, -0.1) is 11.8 Å². The Morgan fingerprint density at radius 3 is 2.56 bits per heavy atom. The van der Waals surface area contributed by atoms with Gasteiger partial charge in [0.25, 0.3) is 0 Å². The van der Waals surface area contributed by atoms with E-state index in [1.54, 1.807) is 21.1 Å². The number of carbonyl (C=O) groups excluding carboxylic acids is 1. The molecule has 1 rings (SSSR count). The van der Waals surface area contributed by atoms with Gasteiger partial charge in [0, 0.05) is 19.3 Å². The van der Waals surface area contributed by atoms with Gasteiger partial charge in [-0.25, -0.2) is 0 Å². The van der Waals surface area contributed by atoms with Crippen LogP contribution in [-0.4, -0.2) is 20.0 Å². The van der Waals surface area contributed by atoms with E-state index in [0.29, 0.717) is 30.8 Å². The number of ketones is 1. The lowest BCUT2D eigenvalue weighted by molar-refractivity contribution is -0.118. The zero-order valence-corrected chi connectivity index (χ0v) is 11.1. The number of hydrogen-bond acceptors (Lipinski definition) is 3. The van der Waals surface area contributed by atoms with Crippen LogP contribution >= 0.6 is 0 Å². The lowest BCUT2D eigenvalue weighted by Crippen LogP contribution is -2.02. The third-order valence-corrected chi connectivity index (χ3v) is 2.55. The predicted molar refractivity (Wildman–Crippen MR) is 70.9 cm³/mol. The second-order valence-corrected chi connectivity index (χ2v) is 3.83. The molecule has 3 heteroatoms. The summed E-state index contributed by atoms with van der Waals surface area (Å²) in [5.41, 5.74) is 0.933. The van der Waals surface area contributed by atoms with Gasteiger partial charge in [-0.2, -0.15) is 0 Å². The van der Waals surface area contributed by atoms with Crippen LogP contribution in [0.5, 0.6) is 11.5 Å². The minimum absolute atomic E-state index is 0.185. The first kappa shape index (κ1) is 14.1. The third-order valence-electron chi connectivity index (χ3n) is 2.55. The molecule has 0 saturated carbocycles. The van der Waals surface area contributed by atoms with Crippen LogP contribution in [0.15, 0.2) is 18.2 Å². The summed E-state index contributed by atoms with van der Waals surface area (Å²) in [5.74, 6) is 7.18. The van der Waals surface area contributed by atoms with E-state index in [0.717, 1.165) is 5.56 Å². The maximum absolute atomic E-state index is 11.7. The van der Waals surface area contributed by atoms with Crippen molar-refractivity contribution in [2.24, 2.45) is 0 Å². The second kappa shape index (κ2) is 7.39. The zero-order chi connectivity index (χ0) is 13.4. The quantitative estimate of drug-likeness (QED) is 0.724. The highest BCUT2D eigenvalue weighted by Gasteiger charge is 2.07. The van der Waals surface area contributed by atoms with E-state index >= 15 is 0 Å². The van der Waals surface area contributed by atoms with Gasteiger partial charge in [0.2, 0.25) is 0 Å². The standard InChI is InChI=1S/C15H18O3/c1-4-5-6-7-13(16)10-12-8-9-14(17-2)15(11-12)18-3/h8-9,11H,6-7,10H2,1-3H3. The second-order valence-electron chi connectivity index (χ2n) is 3.83. The van der Waals surface area contributed by atoms with Gasteiger partial charge in [0.15, 0.2) is 11.5 Å². The predicted octanol–water partition coefficient (Wildman–Crippen LogP) is 2.62. The van der Waals surface area contributed by atoms with Crippen LogP contribution in [0.3, 0.4) is 0 Å². The average molecular weight is 246 g/mol. The fourth-order valence-corrected chi connectivity index (χ4v) is 1.63. The molecule has 1 aromatic rings. The molecule has 96 valence electrons. The van der Waals surface area contributed by atoms with E-state index in [1.165, 1.54) is 0 Å². The molecule has 0 amide bonds. The van der Waals surface area contributed by atoms with Crippen molar-refractivity contribution in [3.8, 4) is 23.3 Å². The number of carbonyl (C=O) groups is 1. The van der Waals surface area contributed by atoms with Crippen molar-refractivity contribution >= 4 is 5.78 Å². The molecule has 0 fully saturated rings. The van der Waals surface area contributed by atoms with Crippen LogP contribution in [0.2, 0.25) is 0 Å². The van der Waals surface area contributed by atoms with Gasteiger partial charge in [-0.1, -0.05) is 6.07 Å². The molecule has 3 nitrogen and oxygen atoms in total. The lowest BCUT2D eigenvalue weighted by atomic mass is 10.1. The minimum atomic E-state index is 0.185. The van der Waals surface area contributed by atoms with E-state index in [2.05, 4.69) is 11.8 Å². The van der Waals surface area contributed by atoms with Crippen LogP contribution in [0, 0.1) is 11.8 Å². The number of methoxy groups -OCH3 is 2. The molecule has 18 heavy (non-hydrogen) atoms. The zero-order valence-electron chi connectivity index (χ0n) is 11.1. The average Bonchev–Trinajstić information content (AvgIpc) is 2.39. The summed E-state index contributed by atoms with van der Waals surface area (Å²) in [7, 11) is 3.17. The molecule has 0 spiro atoms. The summed E-state index contributed by atoms with van der Waals surface area (Å²) in [5, 5.41) is 0. The Kier molecular flexibility index (Phi) is 5.79. The van der Waals surface area contributed by atoms with E-state index < -0.39 is 0 Å². The van der Waals surface area contributed by atoms with E-state index in [-0.39, 0.29) is 5.78 Å². The first-order chi connectivity index (χ1) is 8.71. The molecule has 0 aliphatic carbocycles. The number of ether oxygens (including phenoxy) is 2. The minimum Gasteiger partial charge on any atom is -0.493 e. The summed E-state index contributed by atoms with van der Waals surface area (Å²) >= 11 is 0. The van der Waals surface area contributed by atoms with E-state index in [1.807, 2.05) is 18.2 Å². The highest BCUT2D eigenvalue weighted by molar-refractivity contribution is 5.81. The van der Waals surface area contributed by atoms with Gasteiger partial charge in [-0.3, -0.25) is 4.79 Å². The van der Waals surface area contributed by atoms with Gasteiger partial charge in [-0.05, 0) is 24.6 Å². The Hall–Kier alpha value is -1.95. The van der Waals surface area contributed by atoms with Gasteiger partial charge >= 0.3 is 0 Å². The molecule has 0 atom stereocenters. The maximum atomic E-state index is 11.7. The Bertz CT molecular complexity index is 466. The summed E-state index contributed by atoms with van der Waals surface area (Å²) in [6.45, 7) is 1.78. The smallest absolute Gasteiger partial charge is 0.161 e. The molecular formula is C15H18O3. The highest BCUT2D eigenvalue weighted by Crippen LogP contribution is 2.27. The fraction of sp³-hybridized carbons (Fsp3) is 0.400. The Labute approximate surface area is 108 Å². The van der Waals surface area contributed by atoms with Crippen molar-refractivity contribution in [2.75, 3.05) is 14.2 Å². The molecule has 0 aliphatic heterocycles. The van der Waals surface area contributed by atoms with E-state index in [9.17, 15) is 4.79 Å². The van der Waals surface area contributed by atoms with Crippen LogP contribution in [0.25, 0.3) is 0 Å². The summed E-state index contributed by atoms with van der Waals surface area (Å²) < 4.78 is 10.3. The third kappa shape index (κ3) is 4.14. The van der Waals surface area contributed by atoms with Gasteiger partial charge < -0.3 is 9.47 Å². The van der Waals surface area contributed by atoms with Crippen LogP contribution in [0.4, 0.5) is 0 Å². The van der Waals surface area contributed by atoms with E-state index in [4.69, 9.17) is 9.47 Å². The van der Waals surface area contributed by atoms with Crippen molar-refractivity contribution in [3.63, 3.8) is 0 Å². The first-order valence-electron chi connectivity index (χ1n) is 5.83. The van der Waals surface area contributed by atoms with Crippen LogP contribution in [-0.2, 0) is 11.2 Å². The molecule has 0 bridgehead atoms. The lowest BCUT2D eigenvalue weighted by Gasteiger charge is -2.09. The van der Waals surface area contributed by atoms with Crippen molar-refractivity contribution in [2.45, 2.75) is 26.2 Å². The Morgan fingerprint density at radius 2 is 1.94 bits per heavy atom. The molecule has 0 heterocycles. The Balaban J connectivity index is 2.66. The molecule has 0 unspecified atom stereocenters. The molecule has 0 radical (unpaired) electrons.